The van der Waals surface area contributed by atoms with Crippen LogP contribution in [0.5, 0.6) is 0 Å². The maximum absolute atomic E-state index is 12.6. The third-order valence-corrected chi connectivity index (χ3v) is 4.62. The number of pyridine rings is 2. The Hall–Kier alpha value is -2.86. The van der Waals surface area contributed by atoms with Crippen LogP contribution in [0.25, 0.3) is 11.4 Å². The fourth-order valence-electron chi connectivity index (χ4n) is 3.16. The summed E-state index contributed by atoms with van der Waals surface area (Å²) in [7, 11) is 0. The summed E-state index contributed by atoms with van der Waals surface area (Å²) in [5.41, 5.74) is 4.84. The first-order chi connectivity index (χ1) is 12.2. The zero-order valence-electron chi connectivity index (χ0n) is 14.1. The first-order valence-electron chi connectivity index (χ1n) is 8.35. The quantitative estimate of drug-likeness (QED) is 0.794. The summed E-state index contributed by atoms with van der Waals surface area (Å²) in [4.78, 5) is 30.7. The number of nitrogens with one attached hydrogen (secondary N) is 1. The Kier molecular flexibility index (Phi) is 4.11. The summed E-state index contributed by atoms with van der Waals surface area (Å²) in [6, 6.07) is 5.76. The van der Waals surface area contributed by atoms with Gasteiger partial charge in [0.2, 0.25) is 0 Å². The highest BCUT2D eigenvalue weighted by Crippen LogP contribution is 2.20. The van der Waals surface area contributed by atoms with Crippen LogP contribution in [0.2, 0.25) is 0 Å². The van der Waals surface area contributed by atoms with E-state index in [-0.39, 0.29) is 5.56 Å². The van der Waals surface area contributed by atoms with E-state index in [1.165, 1.54) is 11.1 Å². The molecule has 0 radical (unpaired) electrons. The van der Waals surface area contributed by atoms with E-state index in [1.54, 1.807) is 18.6 Å². The fourth-order valence-corrected chi connectivity index (χ4v) is 3.16. The number of aromatic nitrogens is 4. The second-order valence-corrected chi connectivity index (χ2v) is 6.34. The number of aromatic amines is 1. The van der Waals surface area contributed by atoms with Crippen molar-refractivity contribution in [1.82, 2.24) is 24.8 Å². The van der Waals surface area contributed by atoms with E-state index < -0.39 is 0 Å². The van der Waals surface area contributed by atoms with Crippen LogP contribution >= 0.6 is 0 Å². The van der Waals surface area contributed by atoms with Gasteiger partial charge in [-0.3, -0.25) is 19.7 Å². The zero-order chi connectivity index (χ0) is 17.2. The van der Waals surface area contributed by atoms with Gasteiger partial charge in [-0.05, 0) is 36.2 Å². The van der Waals surface area contributed by atoms with E-state index in [1.807, 2.05) is 24.4 Å². The van der Waals surface area contributed by atoms with E-state index in [0.717, 1.165) is 36.3 Å². The second-order valence-electron chi connectivity index (χ2n) is 6.34. The molecule has 126 valence electrons. The van der Waals surface area contributed by atoms with Crippen molar-refractivity contribution in [2.24, 2.45) is 0 Å². The van der Waals surface area contributed by atoms with E-state index in [2.05, 4.69) is 31.8 Å². The molecule has 0 unspecified atom stereocenters. The van der Waals surface area contributed by atoms with Gasteiger partial charge in [-0.25, -0.2) is 4.98 Å². The van der Waals surface area contributed by atoms with Gasteiger partial charge >= 0.3 is 0 Å². The molecule has 0 atom stereocenters. The zero-order valence-corrected chi connectivity index (χ0v) is 14.1. The Morgan fingerprint density at radius 1 is 1.20 bits per heavy atom. The van der Waals surface area contributed by atoms with E-state index in [9.17, 15) is 4.79 Å². The van der Waals surface area contributed by atoms with Gasteiger partial charge < -0.3 is 4.98 Å². The number of nitrogens with zero attached hydrogens (tertiary/aromatic N) is 4. The van der Waals surface area contributed by atoms with Crippen LogP contribution in [0.1, 0.15) is 22.4 Å². The van der Waals surface area contributed by atoms with Crippen molar-refractivity contribution < 1.29 is 0 Å². The molecule has 1 N–H and O–H groups in total. The molecule has 0 saturated carbocycles. The summed E-state index contributed by atoms with van der Waals surface area (Å²) in [6.45, 7) is 4.37. The van der Waals surface area contributed by atoms with Crippen LogP contribution < -0.4 is 5.56 Å². The van der Waals surface area contributed by atoms with Crippen LogP contribution in [-0.4, -0.2) is 31.4 Å². The lowest BCUT2D eigenvalue weighted by atomic mass is 10.0. The predicted octanol–water partition coefficient (Wildman–Crippen LogP) is 2.09. The molecule has 0 amide bonds. The molecular formula is C19H19N5O. The minimum absolute atomic E-state index is 0.0588. The van der Waals surface area contributed by atoms with Gasteiger partial charge in [-0.15, -0.1) is 0 Å². The monoisotopic (exact) mass is 333 g/mol. The molecule has 0 fully saturated rings. The van der Waals surface area contributed by atoms with Crippen molar-refractivity contribution in [2.75, 3.05) is 6.54 Å². The summed E-state index contributed by atoms with van der Waals surface area (Å²) < 4.78 is 0. The van der Waals surface area contributed by atoms with Crippen LogP contribution in [0, 0.1) is 6.92 Å². The molecule has 4 heterocycles. The molecule has 6 heteroatoms. The Bertz CT molecular complexity index is 952. The third-order valence-electron chi connectivity index (χ3n) is 4.62. The van der Waals surface area contributed by atoms with Crippen molar-refractivity contribution in [2.45, 2.75) is 26.4 Å². The first-order valence-corrected chi connectivity index (χ1v) is 8.35. The number of aryl methyl sites for hydroxylation is 1. The molecule has 0 spiro atoms. The van der Waals surface area contributed by atoms with Crippen molar-refractivity contribution in [3.63, 3.8) is 0 Å². The van der Waals surface area contributed by atoms with Crippen LogP contribution in [-0.2, 0) is 19.5 Å². The van der Waals surface area contributed by atoms with Gasteiger partial charge in [-0.2, -0.15) is 0 Å². The van der Waals surface area contributed by atoms with Gasteiger partial charge in [-0.1, -0.05) is 0 Å². The molecule has 3 aromatic rings. The van der Waals surface area contributed by atoms with Crippen molar-refractivity contribution in [1.29, 1.82) is 0 Å². The van der Waals surface area contributed by atoms with Crippen molar-refractivity contribution >= 4 is 0 Å². The van der Waals surface area contributed by atoms with E-state index in [0.29, 0.717) is 12.4 Å². The fraction of sp³-hybridized carbons (Fsp3) is 0.263. The summed E-state index contributed by atoms with van der Waals surface area (Å²) in [6.07, 6.45) is 7.90. The molecule has 6 nitrogen and oxygen atoms in total. The molecule has 4 rings (SSSR count). The number of rotatable bonds is 3. The number of H-pyrrole nitrogens is 1. The summed E-state index contributed by atoms with van der Waals surface area (Å²) >= 11 is 0. The topological polar surface area (TPSA) is 74.8 Å². The molecule has 25 heavy (non-hydrogen) atoms. The van der Waals surface area contributed by atoms with Crippen LogP contribution in [0.15, 0.2) is 47.8 Å². The molecule has 0 aromatic carbocycles. The minimum atomic E-state index is -0.0588. The van der Waals surface area contributed by atoms with Crippen molar-refractivity contribution in [3.8, 4) is 11.4 Å². The molecule has 1 aliphatic heterocycles. The molecule has 0 aliphatic carbocycles. The maximum Gasteiger partial charge on any atom is 0.255 e. The minimum Gasteiger partial charge on any atom is -0.306 e. The van der Waals surface area contributed by atoms with E-state index in [4.69, 9.17) is 0 Å². The Morgan fingerprint density at radius 3 is 2.88 bits per heavy atom. The highest BCUT2D eigenvalue weighted by atomic mass is 16.1. The normalized spacial score (nSPS) is 14.3. The average molecular weight is 333 g/mol. The molecule has 3 aromatic heterocycles. The average Bonchev–Trinajstić information content (AvgIpc) is 2.65. The second kappa shape index (κ2) is 6.57. The standard InChI is InChI=1S/C19H19N5O/c1-13-4-7-21-10-15(13)11-24-8-5-17-16(12-24)19(25)23-18(22-17)14-3-2-6-20-9-14/h2-4,6-7,9-10H,5,8,11-12H2,1H3,(H,22,23,25). The lowest BCUT2D eigenvalue weighted by molar-refractivity contribution is 0.241. The lowest BCUT2D eigenvalue weighted by Gasteiger charge is -2.28. The van der Waals surface area contributed by atoms with Gasteiger partial charge in [0.25, 0.3) is 5.56 Å². The van der Waals surface area contributed by atoms with Crippen LogP contribution in [0.3, 0.4) is 0 Å². The Balaban J connectivity index is 1.60. The number of hydrogen-bond donors (Lipinski definition) is 1. The highest BCUT2D eigenvalue weighted by Gasteiger charge is 2.22. The molecule has 1 aliphatic rings. The van der Waals surface area contributed by atoms with E-state index >= 15 is 0 Å². The Labute approximate surface area is 145 Å². The SMILES string of the molecule is Cc1ccncc1CN1CCc2nc(-c3cccnc3)[nH]c(=O)c2C1. The van der Waals surface area contributed by atoms with Crippen molar-refractivity contribution in [3.05, 3.63) is 75.7 Å². The number of hydrogen-bond acceptors (Lipinski definition) is 5. The van der Waals surface area contributed by atoms with Gasteiger partial charge in [0.15, 0.2) is 0 Å². The summed E-state index contributed by atoms with van der Waals surface area (Å²) in [5.74, 6) is 0.591. The van der Waals surface area contributed by atoms with Gasteiger partial charge in [0.1, 0.15) is 5.82 Å². The van der Waals surface area contributed by atoms with Crippen LogP contribution in [0.4, 0.5) is 0 Å². The highest BCUT2D eigenvalue weighted by molar-refractivity contribution is 5.53. The predicted molar refractivity (Wildman–Crippen MR) is 94.9 cm³/mol. The molecule has 0 bridgehead atoms. The third kappa shape index (κ3) is 3.21. The lowest BCUT2D eigenvalue weighted by Crippen LogP contribution is -2.35. The smallest absolute Gasteiger partial charge is 0.255 e. The number of fused-ring (bicyclic) bond motifs is 1. The Morgan fingerprint density at radius 2 is 2.08 bits per heavy atom. The molecular weight excluding hydrogens is 314 g/mol. The largest absolute Gasteiger partial charge is 0.306 e. The summed E-state index contributed by atoms with van der Waals surface area (Å²) in [5, 5.41) is 0. The molecule has 0 saturated heterocycles. The van der Waals surface area contributed by atoms with Gasteiger partial charge in [0.05, 0.1) is 11.3 Å². The maximum atomic E-state index is 12.6. The first kappa shape index (κ1) is 15.7. The van der Waals surface area contributed by atoms with Gasteiger partial charge in [0, 0.05) is 56.4 Å².